The van der Waals surface area contributed by atoms with Gasteiger partial charge < -0.3 is 5.11 Å². The molecule has 0 heterocycles. The van der Waals surface area contributed by atoms with E-state index in [-0.39, 0.29) is 6.10 Å². The monoisotopic (exact) mass is 258 g/mol. The van der Waals surface area contributed by atoms with Crippen LogP contribution >= 0.6 is 0 Å². The highest BCUT2D eigenvalue weighted by atomic mass is 16.3. The van der Waals surface area contributed by atoms with Gasteiger partial charge in [0.15, 0.2) is 0 Å². The zero-order valence-electron chi connectivity index (χ0n) is 12.0. The van der Waals surface area contributed by atoms with E-state index in [1.807, 2.05) is 0 Å². The third kappa shape index (κ3) is 2.86. The van der Waals surface area contributed by atoms with E-state index < -0.39 is 0 Å². The lowest BCUT2D eigenvalue weighted by Crippen LogP contribution is -2.19. The molecule has 1 unspecified atom stereocenters. The quantitative estimate of drug-likeness (QED) is 0.824. The van der Waals surface area contributed by atoms with Crippen molar-refractivity contribution >= 4 is 0 Å². The van der Waals surface area contributed by atoms with Crippen LogP contribution in [0, 0.1) is 11.8 Å². The van der Waals surface area contributed by atoms with E-state index in [2.05, 4.69) is 31.2 Å². The van der Waals surface area contributed by atoms with Gasteiger partial charge in [0.05, 0.1) is 6.10 Å². The highest BCUT2D eigenvalue weighted by Gasteiger charge is 2.26. The lowest BCUT2D eigenvalue weighted by atomic mass is 9.76. The molecule has 2 fully saturated rings. The molecule has 0 bridgehead atoms. The Hall–Kier alpha value is -0.820. The molecule has 2 aliphatic carbocycles. The van der Waals surface area contributed by atoms with Gasteiger partial charge in [0.1, 0.15) is 0 Å². The summed E-state index contributed by atoms with van der Waals surface area (Å²) in [5.41, 5.74) is 2.61. The Labute approximate surface area is 117 Å². The smallest absolute Gasteiger partial charge is 0.0818 e. The van der Waals surface area contributed by atoms with Crippen molar-refractivity contribution in [3.05, 3.63) is 35.4 Å². The molecular weight excluding hydrogens is 232 g/mol. The first-order valence-electron chi connectivity index (χ1n) is 8.02. The second kappa shape index (κ2) is 5.66. The summed E-state index contributed by atoms with van der Waals surface area (Å²) in [4.78, 5) is 0. The molecule has 1 aromatic rings. The Kier molecular flexibility index (Phi) is 3.93. The second-order valence-corrected chi connectivity index (χ2v) is 6.76. The van der Waals surface area contributed by atoms with Crippen LogP contribution in [0.15, 0.2) is 24.3 Å². The van der Waals surface area contributed by atoms with Crippen molar-refractivity contribution in [1.82, 2.24) is 0 Å². The number of hydrogen-bond acceptors (Lipinski definition) is 1. The summed E-state index contributed by atoms with van der Waals surface area (Å²) >= 11 is 0. The first-order valence-corrected chi connectivity index (χ1v) is 8.02. The molecule has 0 saturated heterocycles. The maximum absolute atomic E-state index is 10.6. The van der Waals surface area contributed by atoms with Crippen molar-refractivity contribution in [2.24, 2.45) is 11.8 Å². The summed E-state index contributed by atoms with van der Waals surface area (Å²) in [6.45, 7) is 2.33. The molecule has 2 aliphatic rings. The summed E-state index contributed by atoms with van der Waals surface area (Å²) in [7, 11) is 0. The van der Waals surface area contributed by atoms with Crippen LogP contribution in [-0.4, -0.2) is 5.11 Å². The molecule has 1 aromatic carbocycles. The molecule has 0 radical (unpaired) electrons. The van der Waals surface area contributed by atoms with Crippen LogP contribution in [0.5, 0.6) is 0 Å². The van der Waals surface area contributed by atoms with Gasteiger partial charge in [-0.25, -0.2) is 0 Å². The third-order valence-electron chi connectivity index (χ3n) is 5.34. The van der Waals surface area contributed by atoms with Crippen LogP contribution in [0.4, 0.5) is 0 Å². The standard InChI is InChI=1S/C18H26O/c1-13-8-10-15(11-9-13)18(19)17-7-3-6-16(12-17)14-4-2-5-14/h3,6-7,12-15,18-19H,2,4-5,8-11H2,1H3. The topological polar surface area (TPSA) is 20.2 Å². The van der Waals surface area contributed by atoms with Crippen molar-refractivity contribution in [3.8, 4) is 0 Å². The average Bonchev–Trinajstić information content (AvgIpc) is 2.37. The van der Waals surface area contributed by atoms with Gasteiger partial charge in [-0.2, -0.15) is 0 Å². The Morgan fingerprint density at radius 1 is 1.05 bits per heavy atom. The van der Waals surface area contributed by atoms with E-state index in [1.165, 1.54) is 50.5 Å². The van der Waals surface area contributed by atoms with Crippen LogP contribution in [-0.2, 0) is 0 Å². The van der Waals surface area contributed by atoms with Gasteiger partial charge in [-0.15, -0.1) is 0 Å². The highest BCUT2D eigenvalue weighted by molar-refractivity contribution is 5.29. The third-order valence-corrected chi connectivity index (χ3v) is 5.34. The van der Waals surface area contributed by atoms with E-state index >= 15 is 0 Å². The van der Waals surface area contributed by atoms with Crippen molar-refractivity contribution in [1.29, 1.82) is 0 Å². The van der Waals surface area contributed by atoms with Crippen molar-refractivity contribution < 1.29 is 5.11 Å². The Bertz CT molecular complexity index is 413. The molecule has 0 aliphatic heterocycles. The van der Waals surface area contributed by atoms with E-state index in [0.29, 0.717) is 5.92 Å². The van der Waals surface area contributed by atoms with Gasteiger partial charge in [-0.3, -0.25) is 0 Å². The number of rotatable bonds is 3. The Morgan fingerprint density at radius 3 is 2.42 bits per heavy atom. The molecule has 104 valence electrons. The minimum atomic E-state index is -0.243. The summed E-state index contributed by atoms with van der Waals surface area (Å²) in [5, 5.41) is 10.6. The van der Waals surface area contributed by atoms with Crippen LogP contribution < -0.4 is 0 Å². The normalized spacial score (nSPS) is 29.8. The molecule has 1 N–H and O–H groups in total. The molecule has 0 aromatic heterocycles. The predicted molar refractivity (Wildman–Crippen MR) is 79.1 cm³/mol. The summed E-state index contributed by atoms with van der Waals surface area (Å²) in [6, 6.07) is 8.76. The van der Waals surface area contributed by atoms with Crippen molar-refractivity contribution in [2.75, 3.05) is 0 Å². The number of benzene rings is 1. The average molecular weight is 258 g/mol. The number of hydrogen-bond donors (Lipinski definition) is 1. The predicted octanol–water partition coefficient (Wildman–Crippen LogP) is 4.81. The van der Waals surface area contributed by atoms with Crippen LogP contribution in [0.25, 0.3) is 0 Å². The van der Waals surface area contributed by atoms with Crippen LogP contribution in [0.2, 0.25) is 0 Å². The maximum Gasteiger partial charge on any atom is 0.0818 e. The maximum atomic E-state index is 10.6. The number of aliphatic hydroxyl groups excluding tert-OH is 1. The summed E-state index contributed by atoms with van der Waals surface area (Å²) in [5.74, 6) is 2.09. The van der Waals surface area contributed by atoms with Crippen LogP contribution in [0.3, 0.4) is 0 Å². The number of aliphatic hydroxyl groups is 1. The van der Waals surface area contributed by atoms with Crippen LogP contribution in [0.1, 0.15) is 75.0 Å². The Balaban J connectivity index is 1.70. The molecule has 1 atom stereocenters. The van der Waals surface area contributed by atoms with E-state index in [0.717, 1.165) is 17.4 Å². The molecule has 0 amide bonds. The lowest BCUT2D eigenvalue weighted by molar-refractivity contribution is 0.0754. The fourth-order valence-electron chi connectivity index (χ4n) is 3.61. The highest BCUT2D eigenvalue weighted by Crippen LogP contribution is 2.40. The molecule has 0 spiro atoms. The fourth-order valence-corrected chi connectivity index (χ4v) is 3.61. The minimum absolute atomic E-state index is 0.243. The molecule has 3 rings (SSSR count). The van der Waals surface area contributed by atoms with Gasteiger partial charge >= 0.3 is 0 Å². The van der Waals surface area contributed by atoms with Gasteiger partial charge in [-0.1, -0.05) is 50.5 Å². The van der Waals surface area contributed by atoms with Crippen molar-refractivity contribution in [3.63, 3.8) is 0 Å². The first kappa shape index (κ1) is 13.2. The zero-order chi connectivity index (χ0) is 13.2. The van der Waals surface area contributed by atoms with Gasteiger partial charge in [0.2, 0.25) is 0 Å². The van der Waals surface area contributed by atoms with Gasteiger partial charge in [-0.05, 0) is 54.6 Å². The van der Waals surface area contributed by atoms with Gasteiger partial charge in [0.25, 0.3) is 0 Å². The molecule has 1 nitrogen and oxygen atoms in total. The van der Waals surface area contributed by atoms with E-state index in [1.54, 1.807) is 0 Å². The molecule has 19 heavy (non-hydrogen) atoms. The summed E-state index contributed by atoms with van der Waals surface area (Å²) < 4.78 is 0. The van der Waals surface area contributed by atoms with Gasteiger partial charge in [0, 0.05) is 0 Å². The Morgan fingerprint density at radius 2 is 1.79 bits per heavy atom. The summed E-state index contributed by atoms with van der Waals surface area (Å²) in [6.07, 6.45) is 8.74. The zero-order valence-corrected chi connectivity index (χ0v) is 12.0. The first-order chi connectivity index (χ1) is 9.24. The molecular formula is C18H26O. The minimum Gasteiger partial charge on any atom is -0.388 e. The van der Waals surface area contributed by atoms with Crippen molar-refractivity contribution in [2.45, 2.75) is 63.9 Å². The lowest BCUT2D eigenvalue weighted by Gasteiger charge is -2.31. The second-order valence-electron chi connectivity index (χ2n) is 6.76. The fraction of sp³-hybridized carbons (Fsp3) is 0.667. The van der Waals surface area contributed by atoms with E-state index in [4.69, 9.17) is 0 Å². The molecule has 1 heteroatoms. The molecule has 2 saturated carbocycles. The SMILES string of the molecule is CC1CCC(C(O)c2cccc(C3CCC3)c2)CC1. The van der Waals surface area contributed by atoms with E-state index in [9.17, 15) is 5.11 Å². The largest absolute Gasteiger partial charge is 0.388 e.